The molecule has 1 aliphatic heterocycles. The van der Waals surface area contributed by atoms with Crippen LogP contribution >= 0.6 is 0 Å². The van der Waals surface area contributed by atoms with Crippen molar-refractivity contribution in [2.75, 3.05) is 19.6 Å². The highest BCUT2D eigenvalue weighted by Gasteiger charge is 2.37. The maximum Gasteiger partial charge on any atom is 0.227 e. The fourth-order valence-electron chi connectivity index (χ4n) is 2.99. The average molecular weight is 268 g/mol. The van der Waals surface area contributed by atoms with Crippen LogP contribution in [0.2, 0.25) is 0 Å². The number of rotatable bonds is 8. The Morgan fingerprint density at radius 1 is 1.37 bits per heavy atom. The first kappa shape index (κ1) is 16.5. The molecular weight excluding hydrogens is 236 g/mol. The smallest absolute Gasteiger partial charge is 0.227 e. The molecule has 2 unspecified atom stereocenters. The highest BCUT2D eigenvalue weighted by molar-refractivity contribution is 5.83. The third kappa shape index (κ3) is 4.79. The molecule has 0 aromatic rings. The molecule has 2 N–H and O–H groups in total. The highest BCUT2D eigenvalue weighted by atomic mass is 16.2. The van der Waals surface area contributed by atoms with Crippen LogP contribution in [-0.2, 0) is 4.79 Å². The normalized spacial score (nSPS) is 25.0. The number of hydrogen-bond acceptors (Lipinski definition) is 2. The molecule has 0 aliphatic carbocycles. The van der Waals surface area contributed by atoms with Gasteiger partial charge in [0.1, 0.15) is 0 Å². The Kier molecular flexibility index (Phi) is 7.44. The van der Waals surface area contributed by atoms with E-state index in [9.17, 15) is 4.79 Å². The molecule has 0 spiro atoms. The quantitative estimate of drug-likeness (QED) is 0.710. The van der Waals surface area contributed by atoms with Crippen molar-refractivity contribution in [3.63, 3.8) is 0 Å². The molecule has 1 rings (SSSR count). The second-order valence-electron chi connectivity index (χ2n) is 6.04. The Labute approximate surface area is 118 Å². The Bertz CT molecular complexity index is 259. The largest absolute Gasteiger partial charge is 0.355 e. The molecular formula is C16H32N2O. The van der Waals surface area contributed by atoms with Gasteiger partial charge in [0.05, 0.1) is 5.41 Å². The van der Waals surface area contributed by atoms with Crippen molar-refractivity contribution >= 4 is 5.91 Å². The monoisotopic (exact) mass is 268 g/mol. The molecule has 2 atom stereocenters. The Morgan fingerprint density at radius 3 is 2.68 bits per heavy atom. The topological polar surface area (TPSA) is 41.1 Å². The zero-order valence-corrected chi connectivity index (χ0v) is 13.1. The van der Waals surface area contributed by atoms with Crippen molar-refractivity contribution in [1.82, 2.24) is 10.6 Å². The number of hydrogen-bond donors (Lipinski definition) is 2. The molecule has 1 heterocycles. The first-order valence-electron chi connectivity index (χ1n) is 8.17. The van der Waals surface area contributed by atoms with Crippen LogP contribution in [0.4, 0.5) is 0 Å². The van der Waals surface area contributed by atoms with Gasteiger partial charge in [0.2, 0.25) is 5.91 Å². The second-order valence-corrected chi connectivity index (χ2v) is 6.04. The van der Waals surface area contributed by atoms with Gasteiger partial charge < -0.3 is 10.6 Å². The van der Waals surface area contributed by atoms with Crippen LogP contribution < -0.4 is 10.6 Å². The van der Waals surface area contributed by atoms with E-state index in [0.717, 1.165) is 45.3 Å². The predicted molar refractivity (Wildman–Crippen MR) is 81.1 cm³/mol. The van der Waals surface area contributed by atoms with Crippen LogP contribution in [0.1, 0.15) is 65.7 Å². The second kappa shape index (κ2) is 8.57. The van der Waals surface area contributed by atoms with Crippen LogP contribution in [0.3, 0.4) is 0 Å². The van der Waals surface area contributed by atoms with Crippen LogP contribution in [0.25, 0.3) is 0 Å². The number of unbranched alkanes of at least 4 members (excludes halogenated alkanes) is 1. The third-order valence-corrected chi connectivity index (χ3v) is 4.73. The van der Waals surface area contributed by atoms with E-state index in [4.69, 9.17) is 0 Å². The molecule has 112 valence electrons. The van der Waals surface area contributed by atoms with Gasteiger partial charge in [-0.25, -0.2) is 0 Å². The van der Waals surface area contributed by atoms with Gasteiger partial charge in [0.25, 0.3) is 0 Å². The average Bonchev–Trinajstić information content (AvgIpc) is 2.47. The third-order valence-electron chi connectivity index (χ3n) is 4.73. The maximum absolute atomic E-state index is 12.5. The highest BCUT2D eigenvalue weighted by Crippen LogP contribution is 2.30. The summed E-state index contributed by atoms with van der Waals surface area (Å²) in [5.41, 5.74) is -0.151. The Morgan fingerprint density at radius 2 is 2.16 bits per heavy atom. The summed E-state index contributed by atoms with van der Waals surface area (Å²) in [7, 11) is 0. The SMILES string of the molecule is CCCCC(CC)CNC(=O)C1(CC)CCCNC1. The van der Waals surface area contributed by atoms with Gasteiger partial charge in [-0.05, 0) is 38.1 Å². The molecule has 0 radical (unpaired) electrons. The molecule has 1 aliphatic rings. The van der Waals surface area contributed by atoms with Crippen LogP contribution in [0.15, 0.2) is 0 Å². The van der Waals surface area contributed by atoms with Crippen molar-refractivity contribution in [3.05, 3.63) is 0 Å². The van der Waals surface area contributed by atoms with E-state index < -0.39 is 0 Å². The number of nitrogens with one attached hydrogen (secondary N) is 2. The van der Waals surface area contributed by atoms with E-state index in [1.54, 1.807) is 0 Å². The fourth-order valence-corrected chi connectivity index (χ4v) is 2.99. The standard InChI is InChI=1S/C16H32N2O/c1-4-7-9-14(5-2)12-18-15(19)16(6-3)10-8-11-17-13-16/h14,17H,4-13H2,1-3H3,(H,18,19). The molecule has 0 bridgehead atoms. The maximum atomic E-state index is 12.5. The molecule has 0 aromatic heterocycles. The minimum atomic E-state index is -0.151. The summed E-state index contributed by atoms with van der Waals surface area (Å²) in [4.78, 5) is 12.5. The van der Waals surface area contributed by atoms with Gasteiger partial charge in [-0.15, -0.1) is 0 Å². The van der Waals surface area contributed by atoms with Crippen molar-refractivity contribution in [2.24, 2.45) is 11.3 Å². The van der Waals surface area contributed by atoms with E-state index >= 15 is 0 Å². The molecule has 0 saturated carbocycles. The van der Waals surface area contributed by atoms with Gasteiger partial charge in [-0.3, -0.25) is 4.79 Å². The molecule has 3 nitrogen and oxygen atoms in total. The minimum Gasteiger partial charge on any atom is -0.355 e. The molecule has 0 aromatic carbocycles. The zero-order valence-electron chi connectivity index (χ0n) is 13.1. The summed E-state index contributed by atoms with van der Waals surface area (Å²) < 4.78 is 0. The summed E-state index contributed by atoms with van der Waals surface area (Å²) in [5, 5.41) is 6.61. The van der Waals surface area contributed by atoms with Crippen LogP contribution in [0, 0.1) is 11.3 Å². The number of piperidine rings is 1. The first-order chi connectivity index (χ1) is 9.18. The fraction of sp³-hybridized carbons (Fsp3) is 0.938. The zero-order chi connectivity index (χ0) is 14.1. The van der Waals surface area contributed by atoms with Crippen molar-refractivity contribution in [3.8, 4) is 0 Å². The van der Waals surface area contributed by atoms with Crippen molar-refractivity contribution in [1.29, 1.82) is 0 Å². The van der Waals surface area contributed by atoms with Gasteiger partial charge in [-0.1, -0.05) is 40.0 Å². The van der Waals surface area contributed by atoms with Crippen LogP contribution in [0.5, 0.6) is 0 Å². The summed E-state index contributed by atoms with van der Waals surface area (Å²) in [5.74, 6) is 0.923. The van der Waals surface area contributed by atoms with Crippen LogP contribution in [-0.4, -0.2) is 25.5 Å². The number of carbonyl (C=O) groups excluding carboxylic acids is 1. The summed E-state index contributed by atoms with van der Waals surface area (Å²) in [6.45, 7) is 9.36. The van der Waals surface area contributed by atoms with E-state index in [-0.39, 0.29) is 11.3 Å². The summed E-state index contributed by atoms with van der Waals surface area (Å²) >= 11 is 0. The van der Waals surface area contributed by atoms with Crippen molar-refractivity contribution < 1.29 is 4.79 Å². The minimum absolute atomic E-state index is 0.151. The lowest BCUT2D eigenvalue weighted by molar-refractivity contribution is -0.132. The van der Waals surface area contributed by atoms with E-state index in [1.165, 1.54) is 19.3 Å². The lowest BCUT2D eigenvalue weighted by Crippen LogP contribution is -2.50. The molecule has 1 saturated heterocycles. The lowest BCUT2D eigenvalue weighted by Gasteiger charge is -2.35. The van der Waals surface area contributed by atoms with Gasteiger partial charge >= 0.3 is 0 Å². The van der Waals surface area contributed by atoms with Crippen molar-refractivity contribution in [2.45, 2.75) is 65.7 Å². The number of carbonyl (C=O) groups is 1. The van der Waals surface area contributed by atoms with Gasteiger partial charge in [0.15, 0.2) is 0 Å². The predicted octanol–water partition coefficient (Wildman–Crippen LogP) is 3.10. The molecule has 3 heteroatoms. The van der Waals surface area contributed by atoms with Gasteiger partial charge in [-0.2, -0.15) is 0 Å². The Balaban J connectivity index is 2.43. The van der Waals surface area contributed by atoms with Gasteiger partial charge in [0, 0.05) is 13.1 Å². The molecule has 1 amide bonds. The Hall–Kier alpha value is -0.570. The van der Waals surface area contributed by atoms with E-state index in [0.29, 0.717) is 5.92 Å². The van der Waals surface area contributed by atoms with E-state index in [1.807, 2.05) is 0 Å². The van der Waals surface area contributed by atoms with E-state index in [2.05, 4.69) is 31.4 Å². The first-order valence-corrected chi connectivity index (χ1v) is 8.17. The molecule has 19 heavy (non-hydrogen) atoms. The molecule has 1 fully saturated rings. The summed E-state index contributed by atoms with van der Waals surface area (Å²) in [6.07, 6.45) is 8.02. The number of amides is 1. The summed E-state index contributed by atoms with van der Waals surface area (Å²) in [6, 6.07) is 0. The lowest BCUT2D eigenvalue weighted by atomic mass is 9.77.